The van der Waals surface area contributed by atoms with Crippen molar-refractivity contribution < 1.29 is 0 Å². The third-order valence-electron chi connectivity index (χ3n) is 4.79. The Hall–Kier alpha value is -4.78. The molecule has 0 unspecified atom stereocenters. The fourth-order valence-electron chi connectivity index (χ4n) is 2.98. The number of allylic oxidation sites excluding steroid dienone is 6. The zero-order valence-corrected chi connectivity index (χ0v) is 18.5. The molecular formula is C26H22N6. The highest BCUT2D eigenvalue weighted by Gasteiger charge is 2.11. The molecule has 2 rings (SSSR count). The first-order valence-electron chi connectivity index (χ1n) is 9.68. The van der Waals surface area contributed by atoms with Gasteiger partial charge in [-0.15, -0.1) is 0 Å². The van der Waals surface area contributed by atoms with Crippen LogP contribution in [0.25, 0.3) is 11.1 Å². The van der Waals surface area contributed by atoms with E-state index in [1.54, 1.807) is 12.2 Å². The first kappa shape index (κ1) is 23.5. The van der Waals surface area contributed by atoms with Crippen molar-refractivity contribution in [3.05, 3.63) is 83.0 Å². The Morgan fingerprint density at radius 2 is 0.844 bits per heavy atom. The van der Waals surface area contributed by atoms with Crippen LogP contribution in [0.1, 0.15) is 11.1 Å². The maximum atomic E-state index is 9.47. The molecule has 0 aromatic heterocycles. The molecule has 0 aliphatic rings. The van der Waals surface area contributed by atoms with Crippen molar-refractivity contribution in [2.45, 2.75) is 0 Å². The molecule has 0 N–H and O–H groups in total. The van der Waals surface area contributed by atoms with E-state index in [0.717, 1.165) is 11.4 Å². The summed E-state index contributed by atoms with van der Waals surface area (Å²) in [4.78, 5) is 3.89. The summed E-state index contributed by atoms with van der Waals surface area (Å²) in [5.41, 5.74) is 4.03. The maximum Gasteiger partial charge on any atom is 0.137 e. The van der Waals surface area contributed by atoms with Gasteiger partial charge in [0.1, 0.15) is 35.4 Å². The number of nitrogens with zero attached hydrogens (tertiary/aromatic N) is 6. The van der Waals surface area contributed by atoms with Gasteiger partial charge in [0.05, 0.1) is 0 Å². The van der Waals surface area contributed by atoms with Crippen LogP contribution in [0.3, 0.4) is 0 Å². The lowest BCUT2D eigenvalue weighted by Gasteiger charge is -2.14. The van der Waals surface area contributed by atoms with E-state index in [4.69, 9.17) is 0 Å². The van der Waals surface area contributed by atoms with E-state index in [-0.39, 0.29) is 11.1 Å². The van der Waals surface area contributed by atoms with E-state index in [1.165, 1.54) is 0 Å². The molecule has 0 radical (unpaired) electrons. The SMILES string of the molecule is CN(C)c1ccc(C(/C=C/C(=C(C#N)C#N)c2ccc(N(C)C)cc2)=C(C#N)C#N)cc1. The fraction of sp³-hybridized carbons (Fsp3) is 0.154. The highest BCUT2D eigenvalue weighted by Crippen LogP contribution is 2.27. The molecule has 6 heteroatoms. The summed E-state index contributed by atoms with van der Waals surface area (Å²) < 4.78 is 0. The van der Waals surface area contributed by atoms with Crippen LogP contribution >= 0.6 is 0 Å². The zero-order valence-electron chi connectivity index (χ0n) is 18.5. The van der Waals surface area contributed by atoms with Crippen molar-refractivity contribution >= 4 is 22.5 Å². The van der Waals surface area contributed by atoms with Gasteiger partial charge in [-0.25, -0.2) is 0 Å². The second-order valence-corrected chi connectivity index (χ2v) is 7.24. The fourth-order valence-corrected chi connectivity index (χ4v) is 2.98. The lowest BCUT2D eigenvalue weighted by atomic mass is 9.95. The molecule has 0 amide bonds. The van der Waals surface area contributed by atoms with Crippen LogP contribution in [0.5, 0.6) is 0 Å². The minimum atomic E-state index is -0.0587. The smallest absolute Gasteiger partial charge is 0.137 e. The molecule has 0 fully saturated rings. The lowest BCUT2D eigenvalue weighted by molar-refractivity contribution is 1.13. The average Bonchev–Trinajstić information content (AvgIpc) is 2.81. The number of rotatable bonds is 6. The largest absolute Gasteiger partial charge is 0.378 e. The van der Waals surface area contributed by atoms with Gasteiger partial charge in [-0.2, -0.15) is 21.0 Å². The van der Waals surface area contributed by atoms with Gasteiger partial charge in [-0.05, 0) is 35.4 Å². The van der Waals surface area contributed by atoms with Crippen molar-refractivity contribution in [2.75, 3.05) is 38.0 Å². The van der Waals surface area contributed by atoms with Crippen molar-refractivity contribution in [3.8, 4) is 24.3 Å². The lowest BCUT2D eigenvalue weighted by Crippen LogP contribution is -2.08. The second-order valence-electron chi connectivity index (χ2n) is 7.24. The van der Waals surface area contributed by atoms with Crippen molar-refractivity contribution in [2.24, 2.45) is 0 Å². The standard InChI is InChI=1S/C26H22N6/c1-31(2)23-9-5-19(6-10-23)25(21(15-27)16-28)13-14-26(22(17-29)18-30)20-7-11-24(12-8-20)32(3)4/h5-14H,1-4H3/b14-13+. The minimum absolute atomic E-state index is 0.0587. The summed E-state index contributed by atoms with van der Waals surface area (Å²) in [6, 6.07) is 22.6. The highest BCUT2D eigenvalue weighted by atomic mass is 15.1. The van der Waals surface area contributed by atoms with E-state index in [9.17, 15) is 21.0 Å². The van der Waals surface area contributed by atoms with Crippen molar-refractivity contribution in [1.29, 1.82) is 21.0 Å². The quantitative estimate of drug-likeness (QED) is 0.499. The van der Waals surface area contributed by atoms with Gasteiger partial charge in [0.2, 0.25) is 0 Å². The molecule has 32 heavy (non-hydrogen) atoms. The number of anilines is 2. The number of benzene rings is 2. The first-order valence-corrected chi connectivity index (χ1v) is 9.68. The topological polar surface area (TPSA) is 102 Å². The van der Waals surface area contributed by atoms with Crippen LogP contribution in [0.4, 0.5) is 11.4 Å². The molecular weight excluding hydrogens is 396 g/mol. The molecule has 0 spiro atoms. The van der Waals surface area contributed by atoms with Crippen LogP contribution < -0.4 is 9.80 Å². The Bertz CT molecular complexity index is 1100. The number of hydrogen-bond acceptors (Lipinski definition) is 6. The van der Waals surface area contributed by atoms with Crippen LogP contribution in [0.2, 0.25) is 0 Å². The molecule has 0 atom stereocenters. The molecule has 2 aromatic rings. The van der Waals surface area contributed by atoms with E-state index >= 15 is 0 Å². The predicted octanol–water partition coefficient (Wildman–Crippen LogP) is 4.68. The summed E-state index contributed by atoms with van der Waals surface area (Å²) >= 11 is 0. The number of hydrogen-bond donors (Lipinski definition) is 0. The summed E-state index contributed by atoms with van der Waals surface area (Å²) in [7, 11) is 7.69. The molecule has 156 valence electrons. The van der Waals surface area contributed by atoms with Crippen LogP contribution in [-0.4, -0.2) is 28.2 Å². The molecule has 0 bridgehead atoms. The van der Waals surface area contributed by atoms with Gasteiger partial charge < -0.3 is 9.80 Å². The van der Waals surface area contributed by atoms with Gasteiger partial charge in [0, 0.05) is 50.7 Å². The van der Waals surface area contributed by atoms with E-state index in [1.807, 2.05) is 111 Å². The van der Waals surface area contributed by atoms with Gasteiger partial charge in [-0.3, -0.25) is 0 Å². The van der Waals surface area contributed by atoms with Crippen LogP contribution in [0, 0.1) is 45.3 Å². The van der Waals surface area contributed by atoms with Crippen molar-refractivity contribution in [1.82, 2.24) is 0 Å². The average molecular weight is 419 g/mol. The molecule has 0 saturated carbocycles. The van der Waals surface area contributed by atoms with Crippen LogP contribution in [0.15, 0.2) is 71.8 Å². The van der Waals surface area contributed by atoms with E-state index < -0.39 is 0 Å². The molecule has 0 aliphatic carbocycles. The summed E-state index contributed by atoms with van der Waals surface area (Å²) in [6.07, 6.45) is 3.21. The minimum Gasteiger partial charge on any atom is -0.378 e. The third kappa shape index (κ3) is 5.43. The monoisotopic (exact) mass is 418 g/mol. The van der Waals surface area contributed by atoms with Gasteiger partial charge in [0.15, 0.2) is 0 Å². The van der Waals surface area contributed by atoms with E-state index in [2.05, 4.69) is 0 Å². The second kappa shape index (κ2) is 10.8. The molecule has 0 heterocycles. The zero-order chi connectivity index (χ0) is 23.7. The third-order valence-corrected chi connectivity index (χ3v) is 4.79. The normalized spacial score (nSPS) is 9.62. The summed E-state index contributed by atoms with van der Waals surface area (Å²) in [6.45, 7) is 0. The Kier molecular flexibility index (Phi) is 7.96. The molecule has 0 aliphatic heterocycles. The van der Waals surface area contributed by atoms with Gasteiger partial charge in [-0.1, -0.05) is 36.4 Å². The predicted molar refractivity (Wildman–Crippen MR) is 127 cm³/mol. The Morgan fingerprint density at radius 1 is 0.562 bits per heavy atom. The summed E-state index contributed by atoms with van der Waals surface area (Å²) in [5, 5.41) is 37.9. The van der Waals surface area contributed by atoms with Gasteiger partial charge in [0.25, 0.3) is 0 Å². The molecule has 0 saturated heterocycles. The van der Waals surface area contributed by atoms with E-state index in [0.29, 0.717) is 22.3 Å². The Balaban J connectivity index is 2.63. The number of nitriles is 4. The first-order chi connectivity index (χ1) is 15.4. The Morgan fingerprint density at radius 3 is 1.06 bits per heavy atom. The molecule has 6 nitrogen and oxygen atoms in total. The van der Waals surface area contributed by atoms with Crippen molar-refractivity contribution in [3.63, 3.8) is 0 Å². The van der Waals surface area contributed by atoms with Crippen LogP contribution in [-0.2, 0) is 0 Å². The highest BCUT2D eigenvalue weighted by molar-refractivity contribution is 5.88. The maximum absolute atomic E-state index is 9.47. The van der Waals surface area contributed by atoms with Gasteiger partial charge >= 0.3 is 0 Å². The Labute approximate surface area is 189 Å². The summed E-state index contributed by atoms with van der Waals surface area (Å²) in [5.74, 6) is 0. The molecule has 2 aromatic carbocycles.